The predicted octanol–water partition coefficient (Wildman–Crippen LogP) is 2.84. The van der Waals surface area contributed by atoms with Crippen molar-refractivity contribution >= 4 is 0 Å². The molecule has 0 saturated heterocycles. The molecule has 3 nitrogen and oxygen atoms in total. The van der Waals surface area contributed by atoms with Crippen LogP contribution in [0.5, 0.6) is 0 Å². The van der Waals surface area contributed by atoms with Gasteiger partial charge in [0, 0.05) is 12.7 Å². The van der Waals surface area contributed by atoms with Crippen LogP contribution in [0.3, 0.4) is 0 Å². The summed E-state index contributed by atoms with van der Waals surface area (Å²) in [4.78, 5) is 0. The lowest BCUT2D eigenvalue weighted by Gasteiger charge is -2.11. The van der Waals surface area contributed by atoms with Gasteiger partial charge in [0.15, 0.2) is 0 Å². The molecule has 1 unspecified atom stereocenters. The summed E-state index contributed by atoms with van der Waals surface area (Å²) in [6, 6.07) is 6.13. The molecule has 0 aliphatic rings. The van der Waals surface area contributed by atoms with E-state index in [2.05, 4.69) is 5.10 Å². The molecular weight excluding hydrogens is 243 g/mol. The summed E-state index contributed by atoms with van der Waals surface area (Å²) in [6.07, 6.45) is 0.662. The number of hydrogen-bond donors (Lipinski definition) is 1. The lowest BCUT2D eigenvalue weighted by molar-refractivity contribution is 0.167. The molecule has 102 valence electrons. The number of hydrogen-bond acceptors (Lipinski definition) is 2. The highest BCUT2D eigenvalue weighted by atomic mass is 19.1. The third-order valence-electron chi connectivity index (χ3n) is 3.56. The minimum absolute atomic E-state index is 0.315. The first kappa shape index (κ1) is 13.7. The highest BCUT2D eigenvalue weighted by Crippen LogP contribution is 2.22. The van der Waals surface area contributed by atoms with Gasteiger partial charge in [0.05, 0.1) is 11.8 Å². The normalized spacial score (nSPS) is 12.7. The molecule has 0 fully saturated rings. The molecule has 0 bridgehead atoms. The summed E-state index contributed by atoms with van der Waals surface area (Å²) < 4.78 is 14.9. The van der Waals surface area contributed by atoms with Crippen molar-refractivity contribution in [2.75, 3.05) is 0 Å². The van der Waals surface area contributed by atoms with Gasteiger partial charge in [0.25, 0.3) is 0 Å². The maximum atomic E-state index is 13.1. The van der Waals surface area contributed by atoms with Crippen LogP contribution in [0.15, 0.2) is 24.3 Å². The molecule has 4 heteroatoms. The molecule has 0 amide bonds. The highest BCUT2D eigenvalue weighted by Gasteiger charge is 2.13. The Balaban J connectivity index is 2.06. The largest absolute Gasteiger partial charge is 0.388 e. The standard InChI is InChI=1S/C15H19FN2O/c1-10-14(11(2)18(3)17-10)7-8-15(19)12-5-4-6-13(16)9-12/h4-6,9,15,19H,7-8H2,1-3H3. The Morgan fingerprint density at radius 2 is 2.11 bits per heavy atom. The number of benzene rings is 1. The fraction of sp³-hybridized carbons (Fsp3) is 0.400. The van der Waals surface area contributed by atoms with E-state index in [1.54, 1.807) is 12.1 Å². The Morgan fingerprint density at radius 1 is 1.37 bits per heavy atom. The van der Waals surface area contributed by atoms with Crippen molar-refractivity contribution in [2.45, 2.75) is 32.8 Å². The molecular formula is C15H19FN2O. The van der Waals surface area contributed by atoms with Crippen LogP contribution in [0.1, 0.15) is 35.0 Å². The predicted molar refractivity (Wildman–Crippen MR) is 72.4 cm³/mol. The first-order valence-corrected chi connectivity index (χ1v) is 6.41. The van der Waals surface area contributed by atoms with Gasteiger partial charge in [-0.3, -0.25) is 4.68 Å². The molecule has 2 rings (SSSR count). The number of halogens is 1. The Bertz CT molecular complexity index is 578. The van der Waals surface area contributed by atoms with Crippen molar-refractivity contribution in [3.05, 3.63) is 52.6 Å². The monoisotopic (exact) mass is 262 g/mol. The first-order valence-electron chi connectivity index (χ1n) is 6.41. The zero-order valence-electron chi connectivity index (χ0n) is 11.5. The zero-order valence-corrected chi connectivity index (χ0v) is 11.5. The van der Waals surface area contributed by atoms with E-state index < -0.39 is 6.10 Å². The Kier molecular flexibility index (Phi) is 4.00. The zero-order chi connectivity index (χ0) is 14.0. The molecule has 1 aromatic heterocycles. The fourth-order valence-electron chi connectivity index (χ4n) is 2.34. The van der Waals surface area contributed by atoms with Crippen LogP contribution in [-0.2, 0) is 13.5 Å². The summed E-state index contributed by atoms with van der Waals surface area (Å²) >= 11 is 0. The molecule has 0 aliphatic carbocycles. The van der Waals surface area contributed by atoms with Gasteiger partial charge in [-0.15, -0.1) is 0 Å². The summed E-state index contributed by atoms with van der Waals surface area (Å²) in [5.41, 5.74) is 3.90. The SMILES string of the molecule is Cc1nn(C)c(C)c1CCC(O)c1cccc(F)c1. The summed E-state index contributed by atoms with van der Waals surface area (Å²) in [5, 5.41) is 14.5. The minimum atomic E-state index is -0.644. The lowest BCUT2D eigenvalue weighted by atomic mass is 10.0. The molecule has 1 atom stereocenters. The highest BCUT2D eigenvalue weighted by molar-refractivity contribution is 5.25. The Labute approximate surface area is 112 Å². The van der Waals surface area contributed by atoms with E-state index in [0.717, 1.165) is 23.4 Å². The van der Waals surface area contributed by atoms with Crippen LogP contribution in [0.4, 0.5) is 4.39 Å². The minimum Gasteiger partial charge on any atom is -0.388 e. The van der Waals surface area contributed by atoms with Crippen LogP contribution in [0.25, 0.3) is 0 Å². The molecule has 1 heterocycles. The molecule has 1 N–H and O–H groups in total. The first-order chi connectivity index (χ1) is 8.99. The van der Waals surface area contributed by atoms with Gasteiger partial charge in [-0.1, -0.05) is 12.1 Å². The Hall–Kier alpha value is -1.68. The van der Waals surface area contributed by atoms with Crippen LogP contribution in [0, 0.1) is 19.7 Å². The van der Waals surface area contributed by atoms with Gasteiger partial charge in [-0.2, -0.15) is 5.10 Å². The average molecular weight is 262 g/mol. The molecule has 19 heavy (non-hydrogen) atoms. The van der Waals surface area contributed by atoms with E-state index in [0.29, 0.717) is 12.0 Å². The number of rotatable bonds is 4. The van der Waals surface area contributed by atoms with Crippen LogP contribution in [0.2, 0.25) is 0 Å². The van der Waals surface area contributed by atoms with Crippen molar-refractivity contribution in [1.82, 2.24) is 9.78 Å². The molecule has 2 aromatic rings. The van der Waals surface area contributed by atoms with Crippen molar-refractivity contribution in [3.63, 3.8) is 0 Å². The third-order valence-corrected chi connectivity index (χ3v) is 3.56. The number of aliphatic hydroxyl groups excluding tert-OH is 1. The van der Waals surface area contributed by atoms with Crippen molar-refractivity contribution in [3.8, 4) is 0 Å². The van der Waals surface area contributed by atoms with Gasteiger partial charge in [-0.25, -0.2) is 4.39 Å². The van der Waals surface area contributed by atoms with Gasteiger partial charge in [0.1, 0.15) is 5.82 Å². The summed E-state index contributed by atoms with van der Waals surface area (Å²) in [7, 11) is 1.91. The van der Waals surface area contributed by atoms with Gasteiger partial charge in [0.2, 0.25) is 0 Å². The second kappa shape index (κ2) is 5.53. The van der Waals surface area contributed by atoms with E-state index in [1.807, 2.05) is 25.6 Å². The van der Waals surface area contributed by atoms with E-state index in [9.17, 15) is 9.50 Å². The third kappa shape index (κ3) is 3.01. The van der Waals surface area contributed by atoms with Gasteiger partial charge >= 0.3 is 0 Å². The topological polar surface area (TPSA) is 38.0 Å². The molecule has 1 aromatic carbocycles. The van der Waals surface area contributed by atoms with Crippen molar-refractivity contribution in [2.24, 2.45) is 7.05 Å². The smallest absolute Gasteiger partial charge is 0.123 e. The van der Waals surface area contributed by atoms with Crippen LogP contribution >= 0.6 is 0 Å². The van der Waals surface area contributed by atoms with Gasteiger partial charge < -0.3 is 5.11 Å². The maximum Gasteiger partial charge on any atom is 0.123 e. The van der Waals surface area contributed by atoms with E-state index >= 15 is 0 Å². The Morgan fingerprint density at radius 3 is 2.68 bits per heavy atom. The summed E-state index contributed by atoms with van der Waals surface area (Å²) in [5.74, 6) is -0.315. The molecule has 0 aliphatic heterocycles. The molecule has 0 radical (unpaired) electrons. The molecule has 0 spiro atoms. The number of aromatic nitrogens is 2. The van der Waals surface area contributed by atoms with Crippen molar-refractivity contribution in [1.29, 1.82) is 0 Å². The number of nitrogens with zero attached hydrogens (tertiary/aromatic N) is 2. The van der Waals surface area contributed by atoms with E-state index in [1.165, 1.54) is 12.1 Å². The van der Waals surface area contributed by atoms with Gasteiger partial charge in [-0.05, 0) is 49.9 Å². The van der Waals surface area contributed by atoms with Crippen LogP contribution in [-0.4, -0.2) is 14.9 Å². The lowest BCUT2D eigenvalue weighted by Crippen LogP contribution is -2.01. The second-order valence-corrected chi connectivity index (χ2v) is 4.88. The average Bonchev–Trinajstić information content (AvgIpc) is 2.61. The fourth-order valence-corrected chi connectivity index (χ4v) is 2.34. The van der Waals surface area contributed by atoms with E-state index in [-0.39, 0.29) is 5.82 Å². The number of aliphatic hydroxyl groups is 1. The number of aryl methyl sites for hydroxylation is 2. The van der Waals surface area contributed by atoms with Crippen molar-refractivity contribution < 1.29 is 9.50 Å². The second-order valence-electron chi connectivity index (χ2n) is 4.88. The maximum absolute atomic E-state index is 13.1. The molecule has 0 saturated carbocycles. The van der Waals surface area contributed by atoms with Crippen LogP contribution < -0.4 is 0 Å². The summed E-state index contributed by atoms with van der Waals surface area (Å²) in [6.45, 7) is 3.99. The quantitative estimate of drug-likeness (QED) is 0.920. The van der Waals surface area contributed by atoms with E-state index in [4.69, 9.17) is 0 Å².